The van der Waals surface area contributed by atoms with Crippen molar-refractivity contribution < 1.29 is 9.53 Å². The summed E-state index contributed by atoms with van der Waals surface area (Å²) in [7, 11) is 0. The number of esters is 1. The number of hydrogen-bond acceptors (Lipinski definition) is 3. The quantitative estimate of drug-likeness (QED) is 0.247. The molecule has 2 heterocycles. The Hall–Kier alpha value is -1.77. The lowest BCUT2D eigenvalue weighted by molar-refractivity contribution is -0.149. The highest BCUT2D eigenvalue weighted by molar-refractivity contribution is 14.0. The molecule has 0 aliphatic carbocycles. The Bertz CT molecular complexity index is 841. The number of carbonyl (C=O) groups excluding carboxylic acids is 1. The van der Waals surface area contributed by atoms with Crippen LogP contribution >= 0.6 is 24.0 Å². The Morgan fingerprint density at radius 3 is 2.67 bits per heavy atom. The summed E-state index contributed by atoms with van der Waals surface area (Å²) in [5, 5.41) is 4.71. The van der Waals surface area contributed by atoms with Crippen molar-refractivity contribution in [2.75, 3.05) is 32.8 Å². The highest BCUT2D eigenvalue weighted by Crippen LogP contribution is 2.23. The van der Waals surface area contributed by atoms with E-state index in [1.807, 2.05) is 6.92 Å². The zero-order valence-corrected chi connectivity index (χ0v) is 20.7. The smallest absolute Gasteiger partial charge is 0.309 e. The number of halogens is 1. The van der Waals surface area contributed by atoms with Gasteiger partial charge in [0, 0.05) is 43.3 Å². The number of nitrogens with one attached hydrogen (secondary N) is 2. The molecule has 0 unspecified atom stereocenters. The zero-order valence-electron chi connectivity index (χ0n) is 18.4. The number of aryl methyl sites for hydroxylation is 1. The highest BCUT2D eigenvalue weighted by atomic mass is 127. The van der Waals surface area contributed by atoms with Crippen molar-refractivity contribution in [3.05, 3.63) is 35.5 Å². The maximum atomic E-state index is 12.0. The van der Waals surface area contributed by atoms with E-state index < -0.39 is 0 Å². The number of fused-ring (bicyclic) bond motifs is 1. The molecule has 0 radical (unpaired) electrons. The van der Waals surface area contributed by atoms with E-state index in [1.165, 1.54) is 22.0 Å². The largest absolute Gasteiger partial charge is 0.466 e. The molecule has 3 rings (SSSR count). The summed E-state index contributed by atoms with van der Waals surface area (Å²) in [4.78, 5) is 22.5. The maximum Gasteiger partial charge on any atom is 0.309 e. The normalized spacial score (nSPS) is 15.2. The number of aromatic amines is 1. The maximum absolute atomic E-state index is 12.0. The van der Waals surface area contributed by atoms with Gasteiger partial charge >= 0.3 is 5.97 Å². The summed E-state index contributed by atoms with van der Waals surface area (Å²) in [5.41, 5.74) is 3.92. The molecule has 0 saturated carbocycles. The molecule has 1 aliphatic heterocycles. The number of rotatable bonds is 7. The average molecular weight is 526 g/mol. The predicted molar refractivity (Wildman–Crippen MR) is 134 cm³/mol. The SMILES string of the molecule is CCNC(=NCCc1c[nH]c2c(CC)cccc12)N1CCC(C(=O)OCC)CC1.I. The Morgan fingerprint density at radius 2 is 2.00 bits per heavy atom. The van der Waals surface area contributed by atoms with Gasteiger partial charge in [-0.2, -0.15) is 0 Å². The molecule has 1 fully saturated rings. The minimum absolute atomic E-state index is 0. The van der Waals surface area contributed by atoms with Crippen LogP contribution in [0.3, 0.4) is 0 Å². The lowest BCUT2D eigenvalue weighted by Gasteiger charge is -2.33. The zero-order chi connectivity index (χ0) is 20.6. The molecule has 1 aromatic carbocycles. The van der Waals surface area contributed by atoms with Gasteiger partial charge in [0.2, 0.25) is 0 Å². The third-order valence-corrected chi connectivity index (χ3v) is 5.66. The molecule has 0 spiro atoms. The number of para-hydroxylation sites is 1. The number of nitrogens with zero attached hydrogens (tertiary/aromatic N) is 2. The molecule has 1 saturated heterocycles. The fourth-order valence-corrected chi connectivity index (χ4v) is 4.07. The van der Waals surface area contributed by atoms with Crippen LogP contribution in [0.5, 0.6) is 0 Å². The van der Waals surface area contributed by atoms with Gasteiger partial charge in [0.15, 0.2) is 5.96 Å². The lowest BCUT2D eigenvalue weighted by Crippen LogP contribution is -2.46. The Balaban J connectivity index is 0.00000320. The second-order valence-electron chi connectivity index (χ2n) is 7.51. The molecule has 1 aromatic heterocycles. The average Bonchev–Trinajstić information content (AvgIpc) is 3.16. The van der Waals surface area contributed by atoms with E-state index in [0.717, 1.165) is 57.8 Å². The van der Waals surface area contributed by atoms with E-state index >= 15 is 0 Å². The summed E-state index contributed by atoms with van der Waals surface area (Å²) in [6, 6.07) is 6.51. The fourth-order valence-electron chi connectivity index (χ4n) is 4.07. The molecule has 0 amide bonds. The lowest BCUT2D eigenvalue weighted by atomic mass is 9.97. The first-order valence-corrected chi connectivity index (χ1v) is 11.0. The number of aromatic nitrogens is 1. The molecule has 30 heavy (non-hydrogen) atoms. The van der Waals surface area contributed by atoms with E-state index in [2.05, 4.69) is 53.4 Å². The molecular weight excluding hydrogens is 491 g/mol. The molecule has 1 aliphatic rings. The first kappa shape index (κ1) is 24.5. The first-order chi connectivity index (χ1) is 14.2. The van der Waals surface area contributed by atoms with Crippen LogP contribution in [0.15, 0.2) is 29.4 Å². The molecule has 7 heteroatoms. The number of piperidine rings is 1. The van der Waals surface area contributed by atoms with Gasteiger partial charge in [0.05, 0.1) is 12.5 Å². The second kappa shape index (κ2) is 12.2. The van der Waals surface area contributed by atoms with E-state index in [1.54, 1.807) is 0 Å². The second-order valence-corrected chi connectivity index (χ2v) is 7.51. The summed E-state index contributed by atoms with van der Waals surface area (Å²) in [5.74, 6) is 0.914. The van der Waals surface area contributed by atoms with E-state index in [-0.39, 0.29) is 35.9 Å². The summed E-state index contributed by atoms with van der Waals surface area (Å²) in [6.07, 6.45) is 5.71. The molecule has 2 aromatic rings. The van der Waals surface area contributed by atoms with Gasteiger partial charge in [-0.3, -0.25) is 9.79 Å². The Labute approximate surface area is 196 Å². The predicted octanol–water partition coefficient (Wildman–Crippen LogP) is 4.13. The van der Waals surface area contributed by atoms with Crippen molar-refractivity contribution in [1.82, 2.24) is 15.2 Å². The van der Waals surface area contributed by atoms with Crippen LogP contribution in [-0.2, 0) is 22.4 Å². The summed E-state index contributed by atoms with van der Waals surface area (Å²) >= 11 is 0. The molecule has 6 nitrogen and oxygen atoms in total. The molecule has 2 N–H and O–H groups in total. The third kappa shape index (κ3) is 5.89. The van der Waals surface area contributed by atoms with Crippen molar-refractivity contribution in [2.24, 2.45) is 10.9 Å². The fraction of sp³-hybridized carbons (Fsp3) is 0.565. The monoisotopic (exact) mass is 526 g/mol. The topological polar surface area (TPSA) is 69.7 Å². The van der Waals surface area contributed by atoms with Gasteiger partial charge in [-0.15, -0.1) is 24.0 Å². The van der Waals surface area contributed by atoms with Crippen molar-refractivity contribution in [1.29, 1.82) is 0 Å². The number of ether oxygens (including phenoxy) is 1. The Kier molecular flexibility index (Phi) is 9.94. The minimum Gasteiger partial charge on any atom is -0.466 e. The summed E-state index contributed by atoms with van der Waals surface area (Å²) < 4.78 is 5.18. The van der Waals surface area contributed by atoms with Gasteiger partial charge in [0.25, 0.3) is 0 Å². The number of benzene rings is 1. The number of carbonyl (C=O) groups is 1. The van der Waals surface area contributed by atoms with Crippen LogP contribution in [0.25, 0.3) is 10.9 Å². The molecule has 166 valence electrons. The molecule has 0 atom stereocenters. The van der Waals surface area contributed by atoms with Crippen LogP contribution in [0.1, 0.15) is 44.7 Å². The van der Waals surface area contributed by atoms with Crippen LogP contribution in [-0.4, -0.2) is 54.6 Å². The third-order valence-electron chi connectivity index (χ3n) is 5.66. The van der Waals surface area contributed by atoms with Crippen LogP contribution in [0.4, 0.5) is 0 Å². The minimum atomic E-state index is -0.0557. The number of hydrogen-bond donors (Lipinski definition) is 2. The van der Waals surface area contributed by atoms with Crippen LogP contribution < -0.4 is 5.32 Å². The molecule has 0 bridgehead atoms. The van der Waals surface area contributed by atoms with Crippen LogP contribution in [0.2, 0.25) is 0 Å². The Morgan fingerprint density at radius 1 is 1.23 bits per heavy atom. The number of aliphatic imine (C=N–C) groups is 1. The number of H-pyrrole nitrogens is 1. The van der Waals surface area contributed by atoms with Gasteiger partial charge in [-0.25, -0.2) is 0 Å². The molecular formula is C23H35IN4O2. The van der Waals surface area contributed by atoms with Crippen molar-refractivity contribution >= 4 is 46.8 Å². The van der Waals surface area contributed by atoms with Gasteiger partial charge in [-0.1, -0.05) is 25.1 Å². The van der Waals surface area contributed by atoms with Crippen molar-refractivity contribution in [3.8, 4) is 0 Å². The van der Waals surface area contributed by atoms with Gasteiger partial charge < -0.3 is 19.9 Å². The first-order valence-electron chi connectivity index (χ1n) is 11.0. The van der Waals surface area contributed by atoms with Gasteiger partial charge in [0.1, 0.15) is 0 Å². The highest BCUT2D eigenvalue weighted by Gasteiger charge is 2.27. The number of guanidine groups is 1. The number of likely N-dealkylation sites (tertiary alicyclic amines) is 1. The van der Waals surface area contributed by atoms with E-state index in [4.69, 9.17) is 9.73 Å². The van der Waals surface area contributed by atoms with E-state index in [9.17, 15) is 4.79 Å². The van der Waals surface area contributed by atoms with E-state index in [0.29, 0.717) is 6.61 Å². The van der Waals surface area contributed by atoms with Crippen molar-refractivity contribution in [2.45, 2.75) is 46.5 Å². The summed E-state index contributed by atoms with van der Waals surface area (Å²) in [6.45, 7) is 9.84. The standard InChI is InChI=1S/C23H34N4O2.HI/c1-4-17-8-7-9-20-19(16-26-21(17)20)10-13-25-23(24-5-2)27-14-11-18(12-15-27)22(28)29-6-3;/h7-9,16,18,26H,4-6,10-15H2,1-3H3,(H,24,25);1H. The van der Waals surface area contributed by atoms with Crippen LogP contribution in [0, 0.1) is 5.92 Å². The van der Waals surface area contributed by atoms with Crippen molar-refractivity contribution in [3.63, 3.8) is 0 Å². The van der Waals surface area contributed by atoms with Gasteiger partial charge in [-0.05, 0) is 50.7 Å².